The third-order valence-electron chi connectivity index (χ3n) is 4.61. The van der Waals surface area contributed by atoms with Crippen molar-refractivity contribution in [3.8, 4) is 11.3 Å². The lowest BCUT2D eigenvalue weighted by atomic mass is 10.1. The van der Waals surface area contributed by atoms with Gasteiger partial charge in [0, 0.05) is 29.1 Å². The highest BCUT2D eigenvalue weighted by Crippen LogP contribution is 2.32. The van der Waals surface area contributed by atoms with Crippen LogP contribution in [0.15, 0.2) is 39.7 Å². The van der Waals surface area contributed by atoms with Crippen molar-refractivity contribution < 1.29 is 9.32 Å². The van der Waals surface area contributed by atoms with E-state index in [4.69, 9.17) is 4.52 Å². The number of aromatic nitrogens is 3. The average molecular weight is 383 g/mol. The van der Waals surface area contributed by atoms with Crippen molar-refractivity contribution in [2.24, 2.45) is 0 Å². The number of benzene rings is 1. The van der Waals surface area contributed by atoms with Gasteiger partial charge in [-0.05, 0) is 25.0 Å². The van der Waals surface area contributed by atoms with E-state index in [2.05, 4.69) is 20.4 Å². The molecule has 1 aliphatic heterocycles. The van der Waals surface area contributed by atoms with Gasteiger partial charge >= 0.3 is 6.03 Å². The van der Waals surface area contributed by atoms with Crippen LogP contribution in [0.4, 0.5) is 10.5 Å². The van der Waals surface area contributed by atoms with Gasteiger partial charge in [-0.25, -0.2) is 9.78 Å². The third kappa shape index (κ3) is 3.71. The van der Waals surface area contributed by atoms with E-state index < -0.39 is 0 Å². The zero-order chi connectivity index (χ0) is 18.8. The second-order valence-corrected chi connectivity index (χ2v) is 7.60. The molecule has 27 heavy (non-hydrogen) atoms. The smallest absolute Gasteiger partial charge is 0.322 e. The minimum atomic E-state index is -0.174. The molecular formula is C19H21N5O2S. The van der Waals surface area contributed by atoms with Crippen molar-refractivity contribution in [1.29, 1.82) is 0 Å². The summed E-state index contributed by atoms with van der Waals surface area (Å²) >= 11 is 1.55. The number of rotatable bonds is 4. The molecular weight excluding hydrogens is 362 g/mol. The molecule has 7 nitrogen and oxygen atoms in total. The van der Waals surface area contributed by atoms with Gasteiger partial charge < -0.3 is 14.7 Å². The number of carbonyl (C=O) groups is 1. The average Bonchev–Trinajstić information content (AvgIpc) is 3.42. The highest BCUT2D eigenvalue weighted by atomic mass is 32.1. The molecule has 1 fully saturated rings. The molecule has 0 spiro atoms. The van der Waals surface area contributed by atoms with Crippen molar-refractivity contribution in [3.05, 3.63) is 46.9 Å². The monoisotopic (exact) mass is 383 g/mol. The molecule has 1 saturated heterocycles. The first-order valence-electron chi connectivity index (χ1n) is 9.01. The van der Waals surface area contributed by atoms with Crippen molar-refractivity contribution in [3.63, 3.8) is 0 Å². The van der Waals surface area contributed by atoms with Crippen LogP contribution in [0.3, 0.4) is 0 Å². The van der Waals surface area contributed by atoms with Crippen LogP contribution in [0, 0.1) is 0 Å². The van der Waals surface area contributed by atoms with Crippen LogP contribution in [0.5, 0.6) is 0 Å². The Labute approximate surface area is 161 Å². The number of urea groups is 1. The number of nitrogens with zero attached hydrogens (tertiary/aromatic N) is 4. The van der Waals surface area contributed by atoms with E-state index in [9.17, 15) is 4.79 Å². The standard InChI is InChI=1S/C19H21N5O2S/c1-12(2)17-22-18(26-23-17)16-7-4-8-24(16)19(25)21-14-6-3-5-13(9-14)15-10-27-11-20-15/h3,5-6,9-12,16H,4,7-8H2,1-2H3,(H,21,25)/t16-/m0/s1. The summed E-state index contributed by atoms with van der Waals surface area (Å²) in [5.74, 6) is 1.38. The highest BCUT2D eigenvalue weighted by Gasteiger charge is 2.34. The molecule has 140 valence electrons. The van der Waals surface area contributed by atoms with E-state index in [1.807, 2.05) is 43.5 Å². The Balaban J connectivity index is 1.49. The van der Waals surface area contributed by atoms with Gasteiger partial charge in [-0.3, -0.25) is 0 Å². The number of hydrogen-bond acceptors (Lipinski definition) is 6. The first-order valence-corrected chi connectivity index (χ1v) is 9.96. The van der Waals surface area contributed by atoms with Crippen LogP contribution in [-0.4, -0.2) is 32.6 Å². The van der Waals surface area contributed by atoms with E-state index in [0.717, 1.165) is 29.8 Å². The summed E-state index contributed by atoms with van der Waals surface area (Å²) in [6, 6.07) is 7.38. The third-order valence-corrected chi connectivity index (χ3v) is 5.20. The van der Waals surface area contributed by atoms with Crippen LogP contribution < -0.4 is 5.32 Å². The summed E-state index contributed by atoms with van der Waals surface area (Å²) in [6.07, 6.45) is 1.74. The summed E-state index contributed by atoms with van der Waals surface area (Å²) in [5.41, 5.74) is 4.42. The number of hydrogen-bond donors (Lipinski definition) is 1. The minimum Gasteiger partial charge on any atom is -0.337 e. The SMILES string of the molecule is CC(C)c1noc([C@@H]2CCCN2C(=O)Nc2cccc(-c3cscn3)c2)n1. The summed E-state index contributed by atoms with van der Waals surface area (Å²) in [4.78, 5) is 23.4. The fourth-order valence-electron chi connectivity index (χ4n) is 3.19. The van der Waals surface area contributed by atoms with E-state index >= 15 is 0 Å². The lowest BCUT2D eigenvalue weighted by Crippen LogP contribution is -2.34. The molecule has 0 bridgehead atoms. The molecule has 0 saturated carbocycles. The number of amides is 2. The van der Waals surface area contributed by atoms with E-state index in [0.29, 0.717) is 18.3 Å². The Morgan fingerprint density at radius 3 is 3.04 bits per heavy atom. The molecule has 2 amide bonds. The van der Waals surface area contributed by atoms with E-state index in [1.54, 1.807) is 21.7 Å². The van der Waals surface area contributed by atoms with E-state index in [-0.39, 0.29) is 18.0 Å². The first-order chi connectivity index (χ1) is 13.1. The highest BCUT2D eigenvalue weighted by molar-refractivity contribution is 7.07. The Bertz CT molecular complexity index is 922. The van der Waals surface area contributed by atoms with Crippen LogP contribution >= 0.6 is 11.3 Å². The second-order valence-electron chi connectivity index (χ2n) is 6.88. The van der Waals surface area contributed by atoms with Crippen LogP contribution in [0.25, 0.3) is 11.3 Å². The van der Waals surface area contributed by atoms with Crippen molar-refractivity contribution in [1.82, 2.24) is 20.0 Å². The quantitative estimate of drug-likeness (QED) is 0.707. The molecule has 1 aromatic carbocycles. The first kappa shape index (κ1) is 17.7. The van der Waals surface area contributed by atoms with Gasteiger partial charge in [0.05, 0.1) is 11.2 Å². The molecule has 0 unspecified atom stereocenters. The topological polar surface area (TPSA) is 84.2 Å². The molecule has 3 aromatic rings. The van der Waals surface area contributed by atoms with Gasteiger partial charge in [0.25, 0.3) is 0 Å². The van der Waals surface area contributed by atoms with Gasteiger partial charge in [0.15, 0.2) is 5.82 Å². The molecule has 3 heterocycles. The maximum Gasteiger partial charge on any atom is 0.322 e. The van der Waals surface area contributed by atoms with Gasteiger partial charge in [-0.1, -0.05) is 31.1 Å². The molecule has 1 aliphatic rings. The van der Waals surface area contributed by atoms with Crippen molar-refractivity contribution in [2.45, 2.75) is 38.6 Å². The second kappa shape index (κ2) is 7.48. The van der Waals surface area contributed by atoms with Gasteiger partial charge in [0.1, 0.15) is 6.04 Å². The zero-order valence-corrected chi connectivity index (χ0v) is 16.1. The minimum absolute atomic E-state index is 0.155. The van der Waals surface area contributed by atoms with Gasteiger partial charge in [-0.2, -0.15) is 4.98 Å². The van der Waals surface area contributed by atoms with E-state index in [1.165, 1.54) is 0 Å². The normalized spacial score (nSPS) is 16.9. The Hall–Kier alpha value is -2.74. The lowest BCUT2D eigenvalue weighted by Gasteiger charge is -2.22. The molecule has 4 rings (SSSR count). The molecule has 0 radical (unpaired) electrons. The van der Waals surface area contributed by atoms with Crippen molar-refractivity contribution in [2.75, 3.05) is 11.9 Å². The fraction of sp³-hybridized carbons (Fsp3) is 0.368. The maximum absolute atomic E-state index is 12.8. The Morgan fingerprint density at radius 2 is 2.30 bits per heavy atom. The Morgan fingerprint density at radius 1 is 1.41 bits per heavy atom. The molecule has 2 aromatic heterocycles. The Kier molecular flexibility index (Phi) is 4.89. The van der Waals surface area contributed by atoms with Crippen LogP contribution in [0.2, 0.25) is 0 Å². The largest absolute Gasteiger partial charge is 0.337 e. The molecule has 1 atom stereocenters. The van der Waals surface area contributed by atoms with Gasteiger partial charge in [0.2, 0.25) is 5.89 Å². The molecule has 8 heteroatoms. The van der Waals surface area contributed by atoms with Crippen LogP contribution in [-0.2, 0) is 0 Å². The molecule has 1 N–H and O–H groups in total. The summed E-state index contributed by atoms with van der Waals surface area (Å²) in [7, 11) is 0. The number of carbonyl (C=O) groups excluding carboxylic acids is 1. The summed E-state index contributed by atoms with van der Waals surface area (Å²) in [6.45, 7) is 4.70. The predicted octanol–water partition coefficient (Wildman–Crippen LogP) is 4.69. The summed E-state index contributed by atoms with van der Waals surface area (Å²) < 4.78 is 5.42. The number of thiazole rings is 1. The zero-order valence-electron chi connectivity index (χ0n) is 15.3. The number of likely N-dealkylation sites (tertiary alicyclic amines) is 1. The number of nitrogens with one attached hydrogen (secondary N) is 1. The van der Waals surface area contributed by atoms with Gasteiger partial charge in [-0.15, -0.1) is 11.3 Å². The predicted molar refractivity (Wildman–Crippen MR) is 104 cm³/mol. The maximum atomic E-state index is 12.8. The van der Waals surface area contributed by atoms with Crippen LogP contribution in [0.1, 0.15) is 50.4 Å². The fourth-order valence-corrected chi connectivity index (χ4v) is 3.75. The number of anilines is 1. The lowest BCUT2D eigenvalue weighted by molar-refractivity contribution is 0.193. The molecule has 0 aliphatic carbocycles. The summed E-state index contributed by atoms with van der Waals surface area (Å²) in [5, 5.41) is 9.00. The van der Waals surface area contributed by atoms with Crippen molar-refractivity contribution >= 4 is 23.1 Å².